The third kappa shape index (κ3) is 3.86. The first kappa shape index (κ1) is 15.3. The van der Waals surface area contributed by atoms with Crippen LogP contribution in [0.15, 0.2) is 27.6 Å². The van der Waals surface area contributed by atoms with E-state index in [1.165, 1.54) is 6.07 Å². The summed E-state index contributed by atoms with van der Waals surface area (Å²) < 4.78 is 39.6. The second-order valence-electron chi connectivity index (χ2n) is 4.02. The molecule has 0 bridgehead atoms. The van der Waals surface area contributed by atoms with Crippen molar-refractivity contribution in [3.63, 3.8) is 0 Å². The molecule has 18 heavy (non-hydrogen) atoms. The van der Waals surface area contributed by atoms with E-state index in [0.29, 0.717) is 4.47 Å². The van der Waals surface area contributed by atoms with E-state index in [1.807, 2.05) is 0 Å². The molecule has 0 amide bonds. The van der Waals surface area contributed by atoms with Crippen molar-refractivity contribution < 1.29 is 17.6 Å². The highest BCUT2D eigenvalue weighted by molar-refractivity contribution is 9.10. The van der Waals surface area contributed by atoms with Crippen LogP contribution in [0.2, 0.25) is 0 Å². The van der Waals surface area contributed by atoms with E-state index in [-0.39, 0.29) is 18.2 Å². The van der Waals surface area contributed by atoms with Gasteiger partial charge in [-0.15, -0.1) is 0 Å². The lowest BCUT2D eigenvalue weighted by molar-refractivity contribution is -0.120. The van der Waals surface area contributed by atoms with Crippen molar-refractivity contribution in [3.05, 3.63) is 28.5 Å². The topological polar surface area (TPSA) is 63.2 Å². The summed E-state index contributed by atoms with van der Waals surface area (Å²) in [6, 6.07) is 3.61. The van der Waals surface area contributed by atoms with Crippen molar-refractivity contribution in [1.29, 1.82) is 0 Å². The van der Waals surface area contributed by atoms with E-state index < -0.39 is 20.7 Å². The number of Topliss-reactive ketones (excluding diaryl/α,β-unsaturated/α-hetero) is 1. The van der Waals surface area contributed by atoms with Gasteiger partial charge in [-0.25, -0.2) is 17.5 Å². The minimum absolute atomic E-state index is 0.254. The van der Waals surface area contributed by atoms with Crippen LogP contribution in [-0.4, -0.2) is 20.7 Å². The monoisotopic (exact) mass is 337 g/mol. The lowest BCUT2D eigenvalue weighted by atomic mass is 10.1. The summed E-state index contributed by atoms with van der Waals surface area (Å²) in [4.78, 5) is 10.9. The van der Waals surface area contributed by atoms with E-state index in [4.69, 9.17) is 0 Å². The number of carbonyl (C=O) groups is 1. The summed E-state index contributed by atoms with van der Waals surface area (Å²) in [5.41, 5.74) is 0. The number of sulfonamides is 1. The Morgan fingerprint density at radius 1 is 1.44 bits per heavy atom. The highest BCUT2D eigenvalue weighted by atomic mass is 79.9. The molecule has 0 saturated carbocycles. The van der Waals surface area contributed by atoms with E-state index in [1.54, 1.807) is 13.8 Å². The van der Waals surface area contributed by atoms with Crippen LogP contribution in [0.1, 0.15) is 13.8 Å². The fraction of sp³-hybridized carbons (Fsp3) is 0.364. The molecule has 0 aromatic heterocycles. The highest BCUT2D eigenvalue weighted by Crippen LogP contribution is 2.19. The summed E-state index contributed by atoms with van der Waals surface area (Å²) in [7, 11) is -4.00. The van der Waals surface area contributed by atoms with Crippen LogP contribution in [0.25, 0.3) is 0 Å². The van der Waals surface area contributed by atoms with Crippen LogP contribution in [0, 0.1) is 11.7 Å². The third-order valence-electron chi connectivity index (χ3n) is 2.26. The predicted octanol–water partition coefficient (Wildman–Crippen LogP) is 2.09. The summed E-state index contributed by atoms with van der Waals surface area (Å²) in [5.74, 6) is -1.40. The Labute approximate surface area is 114 Å². The molecule has 0 atom stereocenters. The van der Waals surface area contributed by atoms with Crippen molar-refractivity contribution in [3.8, 4) is 0 Å². The molecule has 0 saturated heterocycles. The van der Waals surface area contributed by atoms with E-state index >= 15 is 0 Å². The number of halogens is 2. The molecule has 0 fully saturated rings. The average Bonchev–Trinajstić information content (AvgIpc) is 2.25. The second-order valence-corrected chi connectivity index (χ2v) is 6.67. The molecule has 4 nitrogen and oxygen atoms in total. The van der Waals surface area contributed by atoms with Gasteiger partial charge in [0.05, 0.1) is 6.54 Å². The zero-order valence-electron chi connectivity index (χ0n) is 9.91. The quantitative estimate of drug-likeness (QED) is 0.894. The van der Waals surface area contributed by atoms with Gasteiger partial charge < -0.3 is 0 Å². The van der Waals surface area contributed by atoms with Gasteiger partial charge >= 0.3 is 0 Å². The highest BCUT2D eigenvalue weighted by Gasteiger charge is 2.20. The molecule has 0 heterocycles. The van der Waals surface area contributed by atoms with Gasteiger partial charge in [-0.3, -0.25) is 4.79 Å². The Balaban J connectivity index is 2.90. The number of nitrogens with one attached hydrogen (secondary N) is 1. The maximum atomic E-state index is 13.5. The molecule has 0 aliphatic heterocycles. The van der Waals surface area contributed by atoms with Crippen molar-refractivity contribution in [2.75, 3.05) is 6.54 Å². The maximum absolute atomic E-state index is 13.5. The Bertz CT molecular complexity index is 557. The van der Waals surface area contributed by atoms with Gasteiger partial charge in [-0.2, -0.15) is 0 Å². The van der Waals surface area contributed by atoms with Crippen LogP contribution in [-0.2, 0) is 14.8 Å². The molecule has 0 aliphatic rings. The number of ketones is 1. The van der Waals surface area contributed by atoms with Gasteiger partial charge in [-0.05, 0) is 18.2 Å². The van der Waals surface area contributed by atoms with Crippen LogP contribution in [0.5, 0.6) is 0 Å². The van der Waals surface area contributed by atoms with Crippen molar-refractivity contribution in [1.82, 2.24) is 4.72 Å². The van der Waals surface area contributed by atoms with Gasteiger partial charge in [0.2, 0.25) is 10.0 Å². The number of benzene rings is 1. The molecule has 0 spiro atoms. The van der Waals surface area contributed by atoms with Crippen LogP contribution in [0.4, 0.5) is 4.39 Å². The molecule has 7 heteroatoms. The number of hydrogen-bond donors (Lipinski definition) is 1. The Hall–Kier alpha value is -0.790. The fourth-order valence-corrected chi connectivity index (χ4v) is 2.52. The molecule has 0 radical (unpaired) electrons. The number of carbonyl (C=O) groups excluding carboxylic acids is 1. The second kappa shape index (κ2) is 5.90. The summed E-state index contributed by atoms with van der Waals surface area (Å²) in [6.07, 6.45) is 0. The molecule has 0 aliphatic carbocycles. The number of rotatable bonds is 5. The maximum Gasteiger partial charge on any atom is 0.243 e. The van der Waals surface area contributed by atoms with Crippen LogP contribution in [0.3, 0.4) is 0 Å². The molecular weight excluding hydrogens is 325 g/mol. The Morgan fingerprint density at radius 2 is 2.06 bits per heavy atom. The van der Waals surface area contributed by atoms with Gasteiger partial charge in [0.1, 0.15) is 16.5 Å². The third-order valence-corrected chi connectivity index (χ3v) is 4.19. The summed E-state index contributed by atoms with van der Waals surface area (Å²) in [6.45, 7) is 2.99. The first-order chi connectivity index (χ1) is 8.24. The smallest absolute Gasteiger partial charge is 0.243 e. The SMILES string of the molecule is CC(C)C(=O)CNS(=O)(=O)c1ccc(Br)cc1F. The van der Waals surface area contributed by atoms with Crippen LogP contribution >= 0.6 is 15.9 Å². The first-order valence-electron chi connectivity index (χ1n) is 5.21. The summed E-state index contributed by atoms with van der Waals surface area (Å²) >= 11 is 3.03. The lowest BCUT2D eigenvalue weighted by Gasteiger charge is -2.08. The van der Waals surface area contributed by atoms with Gasteiger partial charge in [0.15, 0.2) is 0 Å². The Kier molecular flexibility index (Phi) is 5.01. The van der Waals surface area contributed by atoms with Crippen molar-refractivity contribution in [2.45, 2.75) is 18.7 Å². The molecule has 1 N–H and O–H groups in total. The average molecular weight is 338 g/mol. The predicted molar refractivity (Wildman–Crippen MR) is 69.1 cm³/mol. The van der Waals surface area contributed by atoms with Crippen LogP contribution < -0.4 is 4.72 Å². The molecule has 100 valence electrons. The zero-order chi connectivity index (χ0) is 13.9. The molecule has 1 aromatic carbocycles. The summed E-state index contributed by atoms with van der Waals surface area (Å²) in [5, 5.41) is 0. The Morgan fingerprint density at radius 3 is 2.56 bits per heavy atom. The van der Waals surface area contributed by atoms with Crippen molar-refractivity contribution >= 4 is 31.7 Å². The fourth-order valence-electron chi connectivity index (χ4n) is 1.14. The van der Waals surface area contributed by atoms with E-state index in [2.05, 4.69) is 20.7 Å². The zero-order valence-corrected chi connectivity index (χ0v) is 12.3. The van der Waals surface area contributed by atoms with E-state index in [9.17, 15) is 17.6 Å². The first-order valence-corrected chi connectivity index (χ1v) is 7.49. The minimum Gasteiger partial charge on any atom is -0.298 e. The van der Waals surface area contributed by atoms with Gasteiger partial charge in [0.25, 0.3) is 0 Å². The number of hydrogen-bond acceptors (Lipinski definition) is 3. The normalized spacial score (nSPS) is 11.8. The molecule has 1 aromatic rings. The standard InChI is InChI=1S/C11H13BrFNO3S/c1-7(2)10(15)6-14-18(16,17)11-4-3-8(12)5-9(11)13/h3-5,7,14H,6H2,1-2H3. The largest absolute Gasteiger partial charge is 0.298 e. The minimum atomic E-state index is -4.00. The molecular formula is C11H13BrFNO3S. The van der Waals surface area contributed by atoms with Crippen molar-refractivity contribution in [2.24, 2.45) is 5.92 Å². The molecule has 1 rings (SSSR count). The van der Waals surface area contributed by atoms with E-state index in [0.717, 1.165) is 12.1 Å². The van der Waals surface area contributed by atoms with Gasteiger partial charge in [-0.1, -0.05) is 29.8 Å². The molecule has 0 unspecified atom stereocenters. The lowest BCUT2D eigenvalue weighted by Crippen LogP contribution is -2.32. The van der Waals surface area contributed by atoms with Gasteiger partial charge in [0, 0.05) is 10.4 Å².